The van der Waals surface area contributed by atoms with Gasteiger partial charge in [-0.05, 0) is 42.0 Å². The lowest BCUT2D eigenvalue weighted by Crippen LogP contribution is -2.17. The molecule has 0 aliphatic heterocycles. The minimum Gasteiger partial charge on any atom is -0.326 e. The lowest BCUT2D eigenvalue weighted by molar-refractivity contribution is -0.117. The van der Waals surface area contributed by atoms with E-state index in [0.29, 0.717) is 21.3 Å². The van der Waals surface area contributed by atoms with Crippen molar-refractivity contribution in [3.05, 3.63) is 62.5 Å². The highest BCUT2D eigenvalue weighted by Gasteiger charge is 2.71. The normalized spacial score (nSPS) is 20.2. The van der Waals surface area contributed by atoms with Crippen LogP contribution in [0.25, 0.3) is 0 Å². The molecule has 2 aromatic carbocycles. The lowest BCUT2D eigenvalue weighted by atomic mass is 10.0. The van der Waals surface area contributed by atoms with Crippen LogP contribution in [0.3, 0.4) is 0 Å². The van der Waals surface area contributed by atoms with Crippen LogP contribution in [0, 0.1) is 34.0 Å². The summed E-state index contributed by atoms with van der Waals surface area (Å²) in [4.78, 5) is 12.7. The zero-order valence-corrected chi connectivity index (χ0v) is 15.7. The molecule has 124 valence electrons. The Labute approximate surface area is 163 Å². The second kappa shape index (κ2) is 6.69. The molecule has 1 N–H and O–H groups in total. The van der Waals surface area contributed by atoms with Crippen molar-refractivity contribution in [3.63, 3.8) is 0 Å². The average molecular weight is 435 g/mol. The topological polar surface area (TPSA) is 76.7 Å². The summed E-state index contributed by atoms with van der Waals surface area (Å²) in [5.41, 5.74) is -0.271. The van der Waals surface area contributed by atoms with E-state index < -0.39 is 17.3 Å². The van der Waals surface area contributed by atoms with Crippen molar-refractivity contribution < 1.29 is 4.79 Å². The highest BCUT2D eigenvalue weighted by Crippen LogP contribution is 2.65. The second-order valence-corrected chi connectivity index (χ2v) is 7.47. The number of carbonyl (C=O) groups is 1. The van der Waals surface area contributed by atoms with Crippen LogP contribution in [0.5, 0.6) is 0 Å². The maximum Gasteiger partial charge on any atom is 0.230 e. The van der Waals surface area contributed by atoms with Crippen LogP contribution in [0.2, 0.25) is 10.0 Å². The van der Waals surface area contributed by atoms with E-state index in [-0.39, 0.29) is 5.91 Å². The molecule has 1 aliphatic carbocycles. The summed E-state index contributed by atoms with van der Waals surface area (Å²) in [5.74, 6) is -1.78. The molecule has 3 rings (SSSR count). The molecule has 0 saturated heterocycles. The molecule has 1 amide bonds. The van der Waals surface area contributed by atoms with E-state index in [1.54, 1.807) is 42.5 Å². The van der Waals surface area contributed by atoms with Gasteiger partial charge >= 0.3 is 0 Å². The molecule has 2 aromatic rings. The molecule has 25 heavy (non-hydrogen) atoms. The first-order valence-corrected chi connectivity index (χ1v) is 8.81. The Bertz CT molecular complexity index is 917. The number of hydrogen-bond acceptors (Lipinski definition) is 3. The monoisotopic (exact) mass is 433 g/mol. The summed E-state index contributed by atoms with van der Waals surface area (Å²) >= 11 is 15.4. The van der Waals surface area contributed by atoms with Crippen LogP contribution >= 0.6 is 39.1 Å². The van der Waals surface area contributed by atoms with Crippen LogP contribution in [0.1, 0.15) is 11.5 Å². The molecular weight excluding hydrogens is 425 g/mol. The Morgan fingerprint density at radius 3 is 2.32 bits per heavy atom. The Kier molecular flexibility index (Phi) is 4.75. The van der Waals surface area contributed by atoms with Gasteiger partial charge in [0.1, 0.15) is 0 Å². The summed E-state index contributed by atoms with van der Waals surface area (Å²) in [6, 6.07) is 15.9. The number of nitrogens with one attached hydrogen (secondary N) is 1. The third-order valence-electron chi connectivity index (χ3n) is 4.27. The number of amides is 1. The van der Waals surface area contributed by atoms with Gasteiger partial charge in [-0.2, -0.15) is 10.5 Å². The number of hydrogen-bond donors (Lipinski definition) is 1. The third-order valence-corrected chi connectivity index (χ3v) is 5.36. The summed E-state index contributed by atoms with van der Waals surface area (Å²) in [5, 5.41) is 22.6. The van der Waals surface area contributed by atoms with Gasteiger partial charge in [0.15, 0.2) is 5.41 Å². The Morgan fingerprint density at radius 2 is 1.76 bits per heavy atom. The second-order valence-electron chi connectivity index (χ2n) is 5.71. The molecular formula is C18H10BrCl2N3O. The molecule has 1 fully saturated rings. The standard InChI is InChI=1S/C18H10BrCl2N3O/c19-10-1-4-12(5-2-10)24-17(25)16-15(18(16,8-22)9-23)13-6-3-11(20)7-14(13)21/h1-7,15-16H,(H,24,25)/t15-,16-/m0/s1. The molecule has 0 aromatic heterocycles. The van der Waals surface area contributed by atoms with Crippen LogP contribution in [-0.2, 0) is 4.79 Å². The Morgan fingerprint density at radius 1 is 1.12 bits per heavy atom. The fraction of sp³-hybridized carbons (Fsp3) is 0.167. The number of halogens is 3. The maximum atomic E-state index is 12.7. The van der Waals surface area contributed by atoms with E-state index in [2.05, 4.69) is 21.2 Å². The predicted molar refractivity (Wildman–Crippen MR) is 99.1 cm³/mol. The van der Waals surface area contributed by atoms with Crippen molar-refractivity contribution in [3.8, 4) is 12.1 Å². The van der Waals surface area contributed by atoms with E-state index >= 15 is 0 Å². The van der Waals surface area contributed by atoms with Gasteiger partial charge in [-0.1, -0.05) is 45.2 Å². The minimum atomic E-state index is -1.43. The quantitative estimate of drug-likeness (QED) is 0.726. The van der Waals surface area contributed by atoms with Gasteiger partial charge in [-0.3, -0.25) is 4.79 Å². The SMILES string of the molecule is N#CC1(C#N)[C@H](C(=O)Nc2ccc(Br)cc2)[C@@H]1c1ccc(Cl)cc1Cl. The Balaban J connectivity index is 1.91. The number of nitriles is 2. The largest absolute Gasteiger partial charge is 0.326 e. The highest BCUT2D eigenvalue weighted by atomic mass is 79.9. The van der Waals surface area contributed by atoms with E-state index in [1.165, 1.54) is 0 Å². The molecule has 0 unspecified atom stereocenters. The number of nitrogens with zero attached hydrogens (tertiary/aromatic N) is 2. The molecule has 4 nitrogen and oxygen atoms in total. The van der Waals surface area contributed by atoms with E-state index in [4.69, 9.17) is 23.2 Å². The van der Waals surface area contributed by atoms with Crippen molar-refractivity contribution in [1.29, 1.82) is 10.5 Å². The van der Waals surface area contributed by atoms with Gasteiger partial charge in [0.25, 0.3) is 0 Å². The summed E-state index contributed by atoms with van der Waals surface area (Å²) in [6.07, 6.45) is 0. The summed E-state index contributed by atoms with van der Waals surface area (Å²) in [6.45, 7) is 0. The molecule has 2 atom stereocenters. The lowest BCUT2D eigenvalue weighted by Gasteiger charge is -2.06. The summed E-state index contributed by atoms with van der Waals surface area (Å²) < 4.78 is 0.881. The van der Waals surface area contributed by atoms with Crippen molar-refractivity contribution in [1.82, 2.24) is 0 Å². The predicted octanol–water partition coefficient (Wildman–Crippen LogP) is 5.14. The zero-order chi connectivity index (χ0) is 18.2. The van der Waals surface area contributed by atoms with Crippen molar-refractivity contribution in [2.75, 3.05) is 5.32 Å². The molecule has 1 aliphatic rings. The van der Waals surface area contributed by atoms with Gasteiger partial charge in [-0.25, -0.2) is 0 Å². The van der Waals surface area contributed by atoms with Gasteiger partial charge < -0.3 is 5.32 Å². The maximum absolute atomic E-state index is 12.7. The van der Waals surface area contributed by atoms with Crippen LogP contribution < -0.4 is 5.32 Å². The van der Waals surface area contributed by atoms with Crippen molar-refractivity contribution in [2.24, 2.45) is 11.3 Å². The molecule has 0 spiro atoms. The number of anilines is 1. The molecule has 0 radical (unpaired) electrons. The van der Waals surface area contributed by atoms with Crippen molar-refractivity contribution in [2.45, 2.75) is 5.92 Å². The smallest absolute Gasteiger partial charge is 0.230 e. The van der Waals surface area contributed by atoms with Crippen molar-refractivity contribution >= 4 is 50.7 Å². The van der Waals surface area contributed by atoms with Gasteiger partial charge in [0.05, 0.1) is 18.1 Å². The number of rotatable bonds is 3. The zero-order valence-electron chi connectivity index (χ0n) is 12.6. The van der Waals surface area contributed by atoms with E-state index in [9.17, 15) is 15.3 Å². The van der Waals surface area contributed by atoms with Crippen LogP contribution in [0.4, 0.5) is 5.69 Å². The highest BCUT2D eigenvalue weighted by molar-refractivity contribution is 9.10. The third kappa shape index (κ3) is 3.12. The Hall–Kier alpha value is -2.05. The molecule has 1 saturated carbocycles. The fourth-order valence-corrected chi connectivity index (χ4v) is 3.77. The van der Waals surface area contributed by atoms with Crippen LogP contribution in [0.15, 0.2) is 46.9 Å². The molecule has 0 heterocycles. The van der Waals surface area contributed by atoms with E-state index in [1.807, 2.05) is 12.1 Å². The molecule has 7 heteroatoms. The van der Waals surface area contributed by atoms with Crippen LogP contribution in [-0.4, -0.2) is 5.91 Å². The van der Waals surface area contributed by atoms with Gasteiger partial charge in [-0.15, -0.1) is 0 Å². The first kappa shape index (κ1) is 17.8. The van der Waals surface area contributed by atoms with E-state index in [0.717, 1.165) is 4.47 Å². The minimum absolute atomic E-state index is 0.339. The first-order valence-electron chi connectivity index (χ1n) is 7.27. The summed E-state index contributed by atoms with van der Waals surface area (Å²) in [7, 11) is 0. The average Bonchev–Trinajstić information content (AvgIpc) is 3.26. The van der Waals surface area contributed by atoms with Gasteiger partial charge in [0.2, 0.25) is 5.91 Å². The number of carbonyl (C=O) groups excluding carboxylic acids is 1. The molecule has 0 bridgehead atoms. The number of benzene rings is 2. The fourth-order valence-electron chi connectivity index (χ4n) is 2.98. The first-order chi connectivity index (χ1) is 11.9. The van der Waals surface area contributed by atoms with Gasteiger partial charge in [0, 0.05) is 26.1 Å².